The third kappa shape index (κ3) is 3.53. The Labute approximate surface area is 133 Å². The number of nitrogens with zero attached hydrogens (tertiary/aromatic N) is 2. The van der Waals surface area contributed by atoms with Gasteiger partial charge in [0.1, 0.15) is 5.69 Å². The number of carboxylic acid groups (broad SMARTS) is 1. The second-order valence-electron chi connectivity index (χ2n) is 5.02. The second kappa shape index (κ2) is 7.02. The molecule has 0 spiro atoms. The van der Waals surface area contributed by atoms with Gasteiger partial charge in [0, 0.05) is 12.2 Å². The van der Waals surface area contributed by atoms with Crippen LogP contribution in [0.3, 0.4) is 0 Å². The Morgan fingerprint density at radius 2 is 2.27 bits per heavy atom. The van der Waals surface area contributed by atoms with Gasteiger partial charge in [-0.25, -0.2) is 9.59 Å². The van der Waals surface area contributed by atoms with Crippen LogP contribution in [0, 0.1) is 6.92 Å². The highest BCUT2D eigenvalue weighted by atomic mass is 35.5. The van der Waals surface area contributed by atoms with Crippen molar-refractivity contribution in [3.8, 4) is 0 Å². The summed E-state index contributed by atoms with van der Waals surface area (Å²) in [6, 6.07) is 1.56. The summed E-state index contributed by atoms with van der Waals surface area (Å²) in [4.78, 5) is 24.4. The van der Waals surface area contributed by atoms with Crippen LogP contribution in [-0.4, -0.2) is 59.0 Å². The van der Waals surface area contributed by atoms with E-state index in [0.29, 0.717) is 30.4 Å². The normalized spacial score (nSPS) is 18.3. The molecule has 0 aliphatic carbocycles. The largest absolute Gasteiger partial charge is 0.465 e. The molecular formula is C14H19ClN2O5. The monoisotopic (exact) mass is 330 g/mol. The Hall–Kier alpha value is -1.73. The predicted molar refractivity (Wildman–Crippen MR) is 79.5 cm³/mol. The zero-order valence-electron chi connectivity index (χ0n) is 12.5. The summed E-state index contributed by atoms with van der Waals surface area (Å²) in [6.45, 7) is 5.08. The van der Waals surface area contributed by atoms with Crippen molar-refractivity contribution in [1.29, 1.82) is 0 Å². The molecular weight excluding hydrogens is 312 g/mol. The van der Waals surface area contributed by atoms with Crippen LogP contribution in [0.25, 0.3) is 0 Å². The molecule has 122 valence electrons. The molecule has 8 heteroatoms. The fourth-order valence-electron chi connectivity index (χ4n) is 2.43. The molecule has 2 rings (SSSR count). The topological polar surface area (TPSA) is 81.0 Å². The highest BCUT2D eigenvalue weighted by Crippen LogP contribution is 2.23. The molecule has 1 aromatic heterocycles. The van der Waals surface area contributed by atoms with Crippen LogP contribution in [0.5, 0.6) is 0 Å². The van der Waals surface area contributed by atoms with Crippen LogP contribution < -0.4 is 0 Å². The number of amides is 1. The van der Waals surface area contributed by atoms with Crippen LogP contribution in [0.2, 0.25) is 5.02 Å². The molecule has 2 heterocycles. The van der Waals surface area contributed by atoms with Crippen molar-refractivity contribution in [1.82, 2.24) is 9.47 Å². The van der Waals surface area contributed by atoms with E-state index in [-0.39, 0.29) is 19.3 Å². The first-order valence-electron chi connectivity index (χ1n) is 7.06. The van der Waals surface area contributed by atoms with Crippen LogP contribution >= 0.6 is 11.6 Å². The highest BCUT2D eigenvalue weighted by molar-refractivity contribution is 6.31. The Morgan fingerprint density at radius 3 is 2.91 bits per heavy atom. The van der Waals surface area contributed by atoms with Gasteiger partial charge in [-0.15, -0.1) is 0 Å². The zero-order valence-corrected chi connectivity index (χ0v) is 13.3. The van der Waals surface area contributed by atoms with Gasteiger partial charge in [-0.1, -0.05) is 11.6 Å². The molecule has 22 heavy (non-hydrogen) atoms. The third-order valence-corrected chi connectivity index (χ3v) is 3.97. The fourth-order valence-corrected chi connectivity index (χ4v) is 2.63. The van der Waals surface area contributed by atoms with Gasteiger partial charge < -0.3 is 24.0 Å². The Bertz CT molecular complexity index is 572. The van der Waals surface area contributed by atoms with Crippen molar-refractivity contribution >= 4 is 23.7 Å². The molecule has 1 N–H and O–H groups in total. The van der Waals surface area contributed by atoms with Crippen molar-refractivity contribution in [3.63, 3.8) is 0 Å². The molecule has 7 nitrogen and oxygen atoms in total. The Morgan fingerprint density at radius 1 is 1.55 bits per heavy atom. The maximum atomic E-state index is 12.0. The molecule has 1 atom stereocenters. The summed E-state index contributed by atoms with van der Waals surface area (Å²) < 4.78 is 12.3. The van der Waals surface area contributed by atoms with Gasteiger partial charge >= 0.3 is 12.1 Å². The average molecular weight is 331 g/mol. The fraction of sp³-hybridized carbons (Fsp3) is 0.571. The SMILES string of the molecule is CCOC(=O)c1cc(Cl)c(C)n1C[C@@H]1CN(C(=O)O)CCO1. The molecule has 0 radical (unpaired) electrons. The minimum Gasteiger partial charge on any atom is -0.465 e. The summed E-state index contributed by atoms with van der Waals surface area (Å²) in [6.07, 6.45) is -1.30. The number of halogens is 1. The number of carbonyl (C=O) groups excluding carboxylic acids is 1. The second-order valence-corrected chi connectivity index (χ2v) is 5.42. The molecule has 1 amide bonds. The van der Waals surface area contributed by atoms with Gasteiger partial charge in [0.2, 0.25) is 0 Å². The Kier molecular flexibility index (Phi) is 5.31. The molecule has 0 bridgehead atoms. The number of esters is 1. The highest BCUT2D eigenvalue weighted by Gasteiger charge is 2.27. The van der Waals surface area contributed by atoms with E-state index in [2.05, 4.69) is 0 Å². The zero-order chi connectivity index (χ0) is 16.3. The van der Waals surface area contributed by atoms with Crippen molar-refractivity contribution in [3.05, 3.63) is 22.5 Å². The minimum atomic E-state index is -0.971. The lowest BCUT2D eigenvalue weighted by molar-refractivity contribution is -0.0298. The molecule has 1 aliphatic rings. The number of hydrogen-bond donors (Lipinski definition) is 1. The first kappa shape index (κ1) is 16.6. The summed E-state index contributed by atoms with van der Waals surface area (Å²) in [5, 5.41) is 9.53. The summed E-state index contributed by atoms with van der Waals surface area (Å²) in [7, 11) is 0. The van der Waals surface area contributed by atoms with E-state index in [1.165, 1.54) is 4.90 Å². The molecule has 0 unspecified atom stereocenters. The number of carbonyl (C=O) groups is 2. The van der Waals surface area contributed by atoms with Crippen LogP contribution in [0.4, 0.5) is 4.79 Å². The Balaban J connectivity index is 2.18. The van der Waals surface area contributed by atoms with Crippen LogP contribution in [0.1, 0.15) is 23.1 Å². The summed E-state index contributed by atoms with van der Waals surface area (Å²) in [5.41, 5.74) is 1.07. The number of ether oxygens (including phenoxy) is 2. The van der Waals surface area contributed by atoms with E-state index in [0.717, 1.165) is 5.69 Å². The van der Waals surface area contributed by atoms with Crippen molar-refractivity contribution < 1.29 is 24.2 Å². The molecule has 1 aliphatic heterocycles. The molecule has 0 aromatic carbocycles. The standard InChI is InChI=1S/C14H19ClN2O5/c1-3-21-13(18)12-6-11(15)9(2)17(12)8-10-7-16(14(19)20)4-5-22-10/h6,10H,3-5,7-8H2,1-2H3,(H,19,20)/t10-/m0/s1. The number of rotatable bonds is 4. The van der Waals surface area contributed by atoms with Gasteiger partial charge in [-0.2, -0.15) is 0 Å². The minimum absolute atomic E-state index is 0.257. The number of aromatic nitrogens is 1. The van der Waals surface area contributed by atoms with Gasteiger partial charge in [0.05, 0.1) is 37.4 Å². The van der Waals surface area contributed by atoms with E-state index in [1.54, 1.807) is 24.5 Å². The molecule has 1 aromatic rings. The molecule has 0 saturated carbocycles. The first-order chi connectivity index (χ1) is 10.4. The summed E-state index contributed by atoms with van der Waals surface area (Å²) >= 11 is 6.10. The van der Waals surface area contributed by atoms with Crippen LogP contribution in [-0.2, 0) is 16.0 Å². The van der Waals surface area contributed by atoms with Gasteiger partial charge in [-0.05, 0) is 19.9 Å². The van der Waals surface area contributed by atoms with Crippen LogP contribution in [0.15, 0.2) is 6.07 Å². The number of hydrogen-bond acceptors (Lipinski definition) is 4. The molecule has 1 saturated heterocycles. The lowest BCUT2D eigenvalue weighted by Gasteiger charge is -2.31. The van der Waals surface area contributed by atoms with E-state index in [4.69, 9.17) is 26.2 Å². The quantitative estimate of drug-likeness (QED) is 0.854. The van der Waals surface area contributed by atoms with Gasteiger partial charge in [0.25, 0.3) is 0 Å². The van der Waals surface area contributed by atoms with E-state index in [9.17, 15) is 9.59 Å². The van der Waals surface area contributed by atoms with Crippen molar-refractivity contribution in [2.45, 2.75) is 26.5 Å². The maximum Gasteiger partial charge on any atom is 0.407 e. The third-order valence-electron chi connectivity index (χ3n) is 3.58. The lowest BCUT2D eigenvalue weighted by Crippen LogP contribution is -2.46. The van der Waals surface area contributed by atoms with E-state index < -0.39 is 12.1 Å². The van der Waals surface area contributed by atoms with Gasteiger partial charge in [0.15, 0.2) is 0 Å². The molecule has 1 fully saturated rings. The average Bonchev–Trinajstić information content (AvgIpc) is 2.76. The summed E-state index contributed by atoms with van der Waals surface area (Å²) in [5.74, 6) is -0.455. The van der Waals surface area contributed by atoms with Crippen molar-refractivity contribution in [2.24, 2.45) is 0 Å². The first-order valence-corrected chi connectivity index (χ1v) is 7.44. The lowest BCUT2D eigenvalue weighted by atomic mass is 10.2. The van der Waals surface area contributed by atoms with E-state index in [1.807, 2.05) is 0 Å². The maximum absolute atomic E-state index is 12.0. The smallest absolute Gasteiger partial charge is 0.407 e. The van der Waals surface area contributed by atoms with Crippen molar-refractivity contribution in [2.75, 3.05) is 26.3 Å². The van der Waals surface area contributed by atoms with E-state index >= 15 is 0 Å². The van der Waals surface area contributed by atoms with Gasteiger partial charge in [-0.3, -0.25) is 0 Å². The predicted octanol–water partition coefficient (Wildman–Crippen LogP) is 2.01. The number of morpholine rings is 1.